The second kappa shape index (κ2) is 7.64. The maximum Gasteiger partial charge on any atom is 0.250 e. The molecule has 0 aliphatic heterocycles. The lowest BCUT2D eigenvalue weighted by atomic mass is 10.2. The molecule has 0 fully saturated rings. The van der Waals surface area contributed by atoms with Gasteiger partial charge in [-0.3, -0.25) is 14.9 Å². The number of amides is 2. The van der Waals surface area contributed by atoms with Gasteiger partial charge in [-0.25, -0.2) is 0 Å². The first-order valence-electron chi connectivity index (χ1n) is 7.14. The molecule has 0 aliphatic carbocycles. The van der Waals surface area contributed by atoms with E-state index in [4.69, 9.17) is 0 Å². The second-order valence-electron chi connectivity index (χ2n) is 5.23. The van der Waals surface area contributed by atoms with Crippen molar-refractivity contribution in [1.29, 1.82) is 0 Å². The zero-order chi connectivity index (χ0) is 16.8. The van der Waals surface area contributed by atoms with Gasteiger partial charge >= 0.3 is 0 Å². The summed E-state index contributed by atoms with van der Waals surface area (Å²) >= 11 is 1.37. The number of benzene rings is 1. The minimum Gasteiger partial charge on any atom is -0.326 e. The highest BCUT2D eigenvalue weighted by atomic mass is 32.1. The molecule has 0 saturated carbocycles. The van der Waals surface area contributed by atoms with Crippen molar-refractivity contribution in [2.75, 3.05) is 10.6 Å². The molecule has 0 spiro atoms. The molecule has 0 aliphatic rings. The largest absolute Gasteiger partial charge is 0.326 e. The van der Waals surface area contributed by atoms with Crippen LogP contribution < -0.4 is 10.6 Å². The van der Waals surface area contributed by atoms with E-state index in [1.54, 1.807) is 18.2 Å². The SMILES string of the molecule is CC(=O)Nc1ccc(/C=C/C(=O)Nc2nnc(C(C)C)s2)cc1. The third kappa shape index (κ3) is 5.30. The Labute approximate surface area is 138 Å². The van der Waals surface area contributed by atoms with Crippen molar-refractivity contribution in [1.82, 2.24) is 10.2 Å². The van der Waals surface area contributed by atoms with Crippen LogP contribution >= 0.6 is 11.3 Å². The van der Waals surface area contributed by atoms with Crippen LogP contribution in [0.3, 0.4) is 0 Å². The molecule has 2 rings (SSSR count). The van der Waals surface area contributed by atoms with Crippen LogP contribution in [0.25, 0.3) is 6.08 Å². The van der Waals surface area contributed by atoms with E-state index in [-0.39, 0.29) is 17.7 Å². The predicted octanol–water partition coefficient (Wildman–Crippen LogP) is 3.27. The van der Waals surface area contributed by atoms with E-state index in [2.05, 4.69) is 20.8 Å². The van der Waals surface area contributed by atoms with Crippen molar-refractivity contribution in [3.05, 3.63) is 40.9 Å². The predicted molar refractivity (Wildman–Crippen MR) is 92.4 cm³/mol. The van der Waals surface area contributed by atoms with Gasteiger partial charge in [0.05, 0.1) is 0 Å². The number of nitrogens with one attached hydrogen (secondary N) is 2. The topological polar surface area (TPSA) is 84.0 Å². The minimum atomic E-state index is -0.262. The monoisotopic (exact) mass is 330 g/mol. The third-order valence-electron chi connectivity index (χ3n) is 2.82. The Morgan fingerprint density at radius 1 is 1.13 bits per heavy atom. The molecule has 23 heavy (non-hydrogen) atoms. The summed E-state index contributed by atoms with van der Waals surface area (Å²) in [7, 11) is 0. The average molecular weight is 330 g/mol. The third-order valence-corrected chi connectivity index (χ3v) is 3.96. The number of carbonyl (C=O) groups is 2. The van der Waals surface area contributed by atoms with Gasteiger partial charge in [0.2, 0.25) is 16.9 Å². The fourth-order valence-corrected chi connectivity index (χ4v) is 2.47. The Morgan fingerprint density at radius 2 is 1.83 bits per heavy atom. The van der Waals surface area contributed by atoms with Crippen molar-refractivity contribution in [3.63, 3.8) is 0 Å². The van der Waals surface area contributed by atoms with Crippen LogP contribution in [0, 0.1) is 0 Å². The van der Waals surface area contributed by atoms with E-state index in [1.807, 2.05) is 26.0 Å². The molecule has 0 unspecified atom stereocenters. The van der Waals surface area contributed by atoms with Gasteiger partial charge in [-0.2, -0.15) is 0 Å². The van der Waals surface area contributed by atoms with E-state index < -0.39 is 0 Å². The maximum absolute atomic E-state index is 11.9. The maximum atomic E-state index is 11.9. The molecule has 1 aromatic carbocycles. The van der Waals surface area contributed by atoms with E-state index >= 15 is 0 Å². The molecule has 1 heterocycles. The molecule has 2 aromatic rings. The Balaban J connectivity index is 1.93. The number of nitrogens with zero attached hydrogens (tertiary/aromatic N) is 2. The molecular formula is C16H18N4O2S. The Kier molecular flexibility index (Phi) is 5.59. The molecular weight excluding hydrogens is 312 g/mol. The molecule has 0 atom stereocenters. The van der Waals surface area contributed by atoms with Gasteiger partial charge in [0.15, 0.2) is 0 Å². The Morgan fingerprint density at radius 3 is 2.39 bits per heavy atom. The normalized spacial score (nSPS) is 11.0. The van der Waals surface area contributed by atoms with Gasteiger partial charge < -0.3 is 5.32 Å². The van der Waals surface area contributed by atoms with Gasteiger partial charge in [0.1, 0.15) is 5.01 Å². The van der Waals surface area contributed by atoms with Crippen molar-refractivity contribution in [3.8, 4) is 0 Å². The minimum absolute atomic E-state index is 0.120. The first kappa shape index (κ1) is 16.8. The summed E-state index contributed by atoms with van der Waals surface area (Å²) in [6.07, 6.45) is 3.13. The Hall–Kier alpha value is -2.54. The van der Waals surface area contributed by atoms with Gasteiger partial charge in [0, 0.05) is 24.6 Å². The number of hydrogen-bond acceptors (Lipinski definition) is 5. The summed E-state index contributed by atoms with van der Waals surface area (Å²) in [5.74, 6) is -0.0938. The molecule has 120 valence electrons. The molecule has 2 amide bonds. The van der Waals surface area contributed by atoms with Crippen LogP contribution in [0.15, 0.2) is 30.3 Å². The quantitative estimate of drug-likeness (QED) is 0.824. The summed E-state index contributed by atoms with van der Waals surface area (Å²) in [5.41, 5.74) is 1.57. The number of carbonyl (C=O) groups excluding carboxylic acids is 2. The molecule has 7 heteroatoms. The molecule has 0 bridgehead atoms. The zero-order valence-electron chi connectivity index (χ0n) is 13.2. The van der Waals surface area contributed by atoms with Crippen molar-refractivity contribution in [2.24, 2.45) is 0 Å². The second-order valence-corrected chi connectivity index (χ2v) is 6.24. The van der Waals surface area contributed by atoms with Gasteiger partial charge in [0.25, 0.3) is 0 Å². The van der Waals surface area contributed by atoms with Crippen LogP contribution in [-0.2, 0) is 9.59 Å². The van der Waals surface area contributed by atoms with Crippen molar-refractivity contribution < 1.29 is 9.59 Å². The number of anilines is 2. The fraction of sp³-hybridized carbons (Fsp3) is 0.250. The van der Waals surface area contributed by atoms with E-state index in [0.717, 1.165) is 10.6 Å². The highest BCUT2D eigenvalue weighted by molar-refractivity contribution is 7.15. The number of rotatable bonds is 5. The average Bonchev–Trinajstić information content (AvgIpc) is 2.95. The summed E-state index contributed by atoms with van der Waals surface area (Å²) in [6, 6.07) is 7.19. The van der Waals surface area contributed by atoms with Crippen LogP contribution in [0.4, 0.5) is 10.8 Å². The van der Waals surface area contributed by atoms with Crippen molar-refractivity contribution >= 4 is 40.0 Å². The first-order valence-corrected chi connectivity index (χ1v) is 7.96. The molecule has 0 saturated heterocycles. The molecule has 2 N–H and O–H groups in total. The summed E-state index contributed by atoms with van der Waals surface area (Å²) in [4.78, 5) is 22.8. The van der Waals surface area contributed by atoms with Gasteiger partial charge in [-0.05, 0) is 23.8 Å². The lowest BCUT2D eigenvalue weighted by molar-refractivity contribution is -0.114. The highest BCUT2D eigenvalue weighted by Gasteiger charge is 2.08. The van der Waals surface area contributed by atoms with Crippen LogP contribution in [0.2, 0.25) is 0 Å². The number of hydrogen-bond donors (Lipinski definition) is 2. The summed E-state index contributed by atoms with van der Waals surface area (Å²) < 4.78 is 0. The van der Waals surface area contributed by atoms with Crippen LogP contribution in [0.5, 0.6) is 0 Å². The lowest BCUT2D eigenvalue weighted by Crippen LogP contribution is -2.07. The zero-order valence-corrected chi connectivity index (χ0v) is 14.0. The molecule has 6 nitrogen and oxygen atoms in total. The molecule has 1 aromatic heterocycles. The Bertz CT molecular complexity index is 720. The van der Waals surface area contributed by atoms with Gasteiger partial charge in [-0.15, -0.1) is 10.2 Å². The first-order chi connectivity index (χ1) is 10.9. The van der Waals surface area contributed by atoms with Crippen LogP contribution in [0.1, 0.15) is 37.3 Å². The van der Waals surface area contributed by atoms with Gasteiger partial charge in [-0.1, -0.05) is 37.3 Å². The molecule has 0 radical (unpaired) electrons. The number of aromatic nitrogens is 2. The standard InChI is InChI=1S/C16H18N4O2S/c1-10(2)15-19-20-16(23-15)18-14(22)9-6-12-4-7-13(8-5-12)17-11(3)21/h4-10H,1-3H3,(H,17,21)(H,18,20,22)/b9-6+. The summed E-state index contributed by atoms with van der Waals surface area (Å²) in [5, 5.41) is 14.7. The highest BCUT2D eigenvalue weighted by Crippen LogP contribution is 2.22. The lowest BCUT2D eigenvalue weighted by Gasteiger charge is -2.01. The fourth-order valence-electron chi connectivity index (χ4n) is 1.72. The van der Waals surface area contributed by atoms with Crippen LogP contribution in [-0.4, -0.2) is 22.0 Å². The van der Waals surface area contributed by atoms with E-state index in [9.17, 15) is 9.59 Å². The van der Waals surface area contributed by atoms with E-state index in [1.165, 1.54) is 24.3 Å². The summed E-state index contributed by atoms with van der Waals surface area (Å²) in [6.45, 7) is 5.50. The van der Waals surface area contributed by atoms with Crippen molar-refractivity contribution in [2.45, 2.75) is 26.7 Å². The van der Waals surface area contributed by atoms with E-state index in [0.29, 0.717) is 10.8 Å². The smallest absolute Gasteiger partial charge is 0.250 e.